The molecule has 0 aromatic heterocycles. The third-order valence-corrected chi connectivity index (χ3v) is 8.48. The van der Waals surface area contributed by atoms with E-state index in [9.17, 15) is 61.3 Å². The van der Waals surface area contributed by atoms with Gasteiger partial charge in [-0.3, -0.25) is 0 Å². The van der Waals surface area contributed by atoms with Crippen LogP contribution in [0.2, 0.25) is 0 Å². The molecule has 270 valence electrons. The highest BCUT2D eigenvalue weighted by Gasteiger charge is 2.55. The maximum Gasteiger partial charge on any atom is 0.187 e. The van der Waals surface area contributed by atoms with Crippen molar-refractivity contribution >= 4 is 0 Å². The molecule has 0 aliphatic carbocycles. The number of aliphatic hydroxyl groups excluding tert-OH is 12. The first-order chi connectivity index (χ1) is 21.8. The Balaban J connectivity index is 1.51. The third kappa shape index (κ3) is 7.66. The molecule has 20 atom stereocenters. The van der Waals surface area contributed by atoms with Crippen LogP contribution < -0.4 is 0 Å². The first kappa shape index (κ1) is 38.0. The maximum absolute atomic E-state index is 11.2. The zero-order chi connectivity index (χ0) is 34.0. The zero-order valence-electron chi connectivity index (χ0n) is 25.0. The van der Waals surface area contributed by atoms with E-state index in [4.69, 9.17) is 37.9 Å². The van der Waals surface area contributed by atoms with Crippen molar-refractivity contribution in [2.45, 2.75) is 137 Å². The number of rotatable bonds is 11. The van der Waals surface area contributed by atoms with Gasteiger partial charge < -0.3 is 99.2 Å². The average Bonchev–Trinajstić information content (AvgIpc) is 3.04. The lowest BCUT2D eigenvalue weighted by Crippen LogP contribution is -2.67. The van der Waals surface area contributed by atoms with Crippen LogP contribution in [0.4, 0.5) is 0 Å². The van der Waals surface area contributed by atoms with Crippen molar-refractivity contribution in [3.63, 3.8) is 0 Å². The largest absolute Gasteiger partial charge is 0.394 e. The molecular weight excluding hydrogens is 632 g/mol. The van der Waals surface area contributed by atoms with Crippen molar-refractivity contribution < 1.29 is 99.2 Å². The zero-order valence-corrected chi connectivity index (χ0v) is 25.0. The van der Waals surface area contributed by atoms with Crippen LogP contribution in [0.1, 0.15) is 13.8 Å². The van der Waals surface area contributed by atoms with Crippen LogP contribution in [-0.4, -0.2) is 211 Å². The minimum absolute atomic E-state index is 0.0960. The van der Waals surface area contributed by atoms with Crippen molar-refractivity contribution in [3.05, 3.63) is 0 Å². The molecule has 0 amide bonds. The van der Waals surface area contributed by atoms with Gasteiger partial charge in [0.05, 0.1) is 25.9 Å². The van der Waals surface area contributed by atoms with Crippen LogP contribution in [0.25, 0.3) is 0 Å². The Morgan fingerprint density at radius 1 is 0.435 bits per heavy atom. The summed E-state index contributed by atoms with van der Waals surface area (Å²) in [7, 11) is 0. The molecule has 0 radical (unpaired) electrons. The summed E-state index contributed by atoms with van der Waals surface area (Å²) in [5.74, 6) is 0. The molecule has 20 heteroatoms. The highest BCUT2D eigenvalue weighted by atomic mass is 16.8. The van der Waals surface area contributed by atoms with Crippen LogP contribution in [0, 0.1) is 0 Å². The van der Waals surface area contributed by atoms with Crippen LogP contribution >= 0.6 is 0 Å². The van der Waals surface area contributed by atoms with Crippen LogP contribution in [0.15, 0.2) is 0 Å². The van der Waals surface area contributed by atoms with Crippen molar-refractivity contribution in [2.75, 3.05) is 26.4 Å². The van der Waals surface area contributed by atoms with Crippen LogP contribution in [-0.2, 0) is 37.9 Å². The molecule has 4 aliphatic rings. The lowest BCUT2D eigenvalue weighted by Gasteiger charge is -2.49. The van der Waals surface area contributed by atoms with Gasteiger partial charge in [-0.05, 0) is 13.8 Å². The summed E-state index contributed by atoms with van der Waals surface area (Å²) in [5, 5.41) is 125. The van der Waals surface area contributed by atoms with Crippen LogP contribution in [0.3, 0.4) is 0 Å². The van der Waals surface area contributed by atoms with Crippen LogP contribution in [0.5, 0.6) is 0 Å². The average molecular weight is 679 g/mol. The minimum atomic E-state index is -1.97. The molecule has 4 saturated heterocycles. The van der Waals surface area contributed by atoms with Gasteiger partial charge in [-0.15, -0.1) is 0 Å². The molecule has 4 rings (SSSR count). The molecule has 4 fully saturated rings. The summed E-state index contributed by atoms with van der Waals surface area (Å²) in [6, 6.07) is 0. The maximum atomic E-state index is 11.2. The van der Waals surface area contributed by atoms with Gasteiger partial charge in [0.25, 0.3) is 0 Å². The second kappa shape index (κ2) is 16.3. The Morgan fingerprint density at radius 2 is 0.804 bits per heavy atom. The SMILES string of the molecule is CCOC1OC(CO)[C@@H](O)[C@H](O[C@@H]2OC(C)[C@H](O)C(O[C@@H]3OC(CO)[C@@H](O)[C@H](O[C@@H]4OC(CO)[C@@H](O)[C@H](O)C4O)C3O)[C@@H]2O)[C@@H]1O. The minimum Gasteiger partial charge on any atom is -0.394 e. The van der Waals surface area contributed by atoms with E-state index < -0.39 is 143 Å². The predicted octanol–water partition coefficient (Wildman–Crippen LogP) is -7.68. The van der Waals surface area contributed by atoms with Crippen molar-refractivity contribution in [1.82, 2.24) is 0 Å². The van der Waals surface area contributed by atoms with Gasteiger partial charge in [-0.1, -0.05) is 0 Å². The molecule has 0 aromatic rings. The summed E-state index contributed by atoms with van der Waals surface area (Å²) < 4.78 is 44.0. The van der Waals surface area contributed by atoms with Gasteiger partial charge in [0, 0.05) is 6.61 Å². The van der Waals surface area contributed by atoms with Gasteiger partial charge in [-0.2, -0.15) is 0 Å². The Morgan fingerprint density at radius 3 is 1.26 bits per heavy atom. The van der Waals surface area contributed by atoms with Crippen molar-refractivity contribution in [2.24, 2.45) is 0 Å². The molecule has 0 spiro atoms. The summed E-state index contributed by atoms with van der Waals surface area (Å²) in [5.41, 5.74) is 0. The van der Waals surface area contributed by atoms with Gasteiger partial charge in [0.15, 0.2) is 25.2 Å². The smallest absolute Gasteiger partial charge is 0.187 e. The number of aliphatic hydroxyl groups is 12. The number of hydrogen-bond donors (Lipinski definition) is 12. The fourth-order valence-electron chi connectivity index (χ4n) is 5.76. The molecule has 0 bridgehead atoms. The lowest BCUT2D eigenvalue weighted by molar-refractivity contribution is -0.388. The normalized spacial score (nSPS) is 52.0. The first-order valence-electron chi connectivity index (χ1n) is 14.9. The van der Waals surface area contributed by atoms with E-state index in [1.165, 1.54) is 6.92 Å². The van der Waals surface area contributed by atoms with E-state index in [-0.39, 0.29) is 6.61 Å². The topological polar surface area (TPSA) is 317 Å². The van der Waals surface area contributed by atoms with Gasteiger partial charge >= 0.3 is 0 Å². The molecular formula is C26H46O20. The molecule has 8 unspecified atom stereocenters. The van der Waals surface area contributed by atoms with Gasteiger partial charge in [-0.25, -0.2) is 0 Å². The Labute approximate surface area is 262 Å². The predicted molar refractivity (Wildman–Crippen MR) is 142 cm³/mol. The molecule has 0 aromatic carbocycles. The number of hydrogen-bond acceptors (Lipinski definition) is 20. The Bertz CT molecular complexity index is 932. The molecule has 4 heterocycles. The van der Waals surface area contributed by atoms with E-state index in [2.05, 4.69) is 0 Å². The quantitative estimate of drug-likeness (QED) is 0.0965. The Hall–Kier alpha value is -0.800. The lowest BCUT2D eigenvalue weighted by atomic mass is 9.95. The van der Waals surface area contributed by atoms with Crippen molar-refractivity contribution in [3.8, 4) is 0 Å². The second-order valence-corrected chi connectivity index (χ2v) is 11.6. The first-order valence-corrected chi connectivity index (χ1v) is 14.9. The highest BCUT2D eigenvalue weighted by molar-refractivity contribution is 4.97. The Kier molecular flexibility index (Phi) is 13.4. The van der Waals surface area contributed by atoms with Gasteiger partial charge in [0.1, 0.15) is 91.6 Å². The summed E-state index contributed by atoms with van der Waals surface area (Å²) in [6.45, 7) is 0.779. The van der Waals surface area contributed by atoms with E-state index in [0.717, 1.165) is 0 Å². The standard InChI is InChI=1S/C26H46O20/c1-3-39-23-17(36)21(13(32)9(5-28)41-23)46-25-18(37)20(11(30)7(2)40-25)44-26-19(38)22(14(33)10(6-29)43-26)45-24-16(35)15(34)12(31)8(4-27)42-24/h7-38H,3-6H2,1-2H3/t7?,8?,9?,10?,11-,12+,13+,14+,15-,16?,17-,18-,19?,20?,21-,22-,23?,24-,25-,26-/m0/s1. The van der Waals surface area contributed by atoms with E-state index >= 15 is 0 Å². The monoisotopic (exact) mass is 678 g/mol. The number of ether oxygens (including phenoxy) is 8. The second-order valence-electron chi connectivity index (χ2n) is 11.6. The van der Waals surface area contributed by atoms with E-state index in [1.54, 1.807) is 6.92 Å². The molecule has 4 aliphatic heterocycles. The fourth-order valence-corrected chi connectivity index (χ4v) is 5.76. The summed E-state index contributed by atoms with van der Waals surface area (Å²) >= 11 is 0. The van der Waals surface area contributed by atoms with E-state index in [1.807, 2.05) is 0 Å². The van der Waals surface area contributed by atoms with Gasteiger partial charge in [0.2, 0.25) is 0 Å². The third-order valence-electron chi connectivity index (χ3n) is 8.48. The molecule has 20 nitrogen and oxygen atoms in total. The summed E-state index contributed by atoms with van der Waals surface area (Å²) in [6.07, 6.45) is -32.9. The molecule has 12 N–H and O–H groups in total. The molecule has 46 heavy (non-hydrogen) atoms. The van der Waals surface area contributed by atoms with Crippen molar-refractivity contribution in [1.29, 1.82) is 0 Å². The fraction of sp³-hybridized carbons (Fsp3) is 1.00. The molecule has 0 saturated carbocycles. The van der Waals surface area contributed by atoms with E-state index in [0.29, 0.717) is 0 Å². The highest BCUT2D eigenvalue weighted by Crippen LogP contribution is 2.34. The summed E-state index contributed by atoms with van der Waals surface area (Å²) in [4.78, 5) is 0.